The molecule has 1 heterocycles. The highest BCUT2D eigenvalue weighted by molar-refractivity contribution is 6.08. The number of nitrogens with zero attached hydrogens (tertiary/aromatic N) is 2. The molecular formula is C17H23N3O3. The Hall–Kier alpha value is -2.37. The van der Waals surface area contributed by atoms with E-state index in [0.29, 0.717) is 0 Å². The Morgan fingerprint density at radius 1 is 1.17 bits per heavy atom. The molecule has 4 amide bonds. The SMILES string of the molecule is CC(C)[C@H]1NC(=O)N(CC(=O)N(c2ccccc2)C(C)C)C1=O. The Morgan fingerprint density at radius 2 is 1.78 bits per heavy atom. The molecule has 1 fully saturated rings. The number of urea groups is 1. The molecule has 0 aromatic heterocycles. The molecule has 1 aliphatic heterocycles. The van der Waals surface area contributed by atoms with Crippen LogP contribution in [-0.2, 0) is 9.59 Å². The van der Waals surface area contributed by atoms with Gasteiger partial charge in [-0.1, -0.05) is 32.0 Å². The van der Waals surface area contributed by atoms with Crippen LogP contribution in [0.2, 0.25) is 0 Å². The molecule has 1 atom stereocenters. The van der Waals surface area contributed by atoms with Gasteiger partial charge in [0.05, 0.1) is 0 Å². The average Bonchev–Trinajstić information content (AvgIpc) is 2.76. The third-order valence-corrected chi connectivity index (χ3v) is 3.84. The first kappa shape index (κ1) is 17.0. The van der Waals surface area contributed by atoms with Gasteiger partial charge >= 0.3 is 6.03 Å². The summed E-state index contributed by atoms with van der Waals surface area (Å²) in [6, 6.07) is 8.10. The van der Waals surface area contributed by atoms with Crippen molar-refractivity contribution in [3.63, 3.8) is 0 Å². The topological polar surface area (TPSA) is 69.7 Å². The summed E-state index contributed by atoms with van der Waals surface area (Å²) in [7, 11) is 0. The number of para-hydroxylation sites is 1. The van der Waals surface area contributed by atoms with Crippen LogP contribution in [0.25, 0.3) is 0 Å². The maximum absolute atomic E-state index is 12.7. The van der Waals surface area contributed by atoms with E-state index in [0.717, 1.165) is 10.6 Å². The predicted octanol–water partition coefficient (Wildman–Crippen LogP) is 2.00. The Morgan fingerprint density at radius 3 is 2.26 bits per heavy atom. The highest BCUT2D eigenvalue weighted by Gasteiger charge is 2.41. The molecule has 2 rings (SSSR count). The molecule has 0 aliphatic carbocycles. The van der Waals surface area contributed by atoms with Gasteiger partial charge in [0.2, 0.25) is 5.91 Å². The first-order valence-corrected chi connectivity index (χ1v) is 7.82. The van der Waals surface area contributed by atoms with Gasteiger partial charge < -0.3 is 10.2 Å². The standard InChI is InChI=1S/C17H23N3O3/c1-11(2)15-16(22)19(17(23)18-15)10-14(21)20(12(3)4)13-8-6-5-7-9-13/h5-9,11-12,15H,10H2,1-4H3,(H,18,23)/t15-/m1/s1. The lowest BCUT2D eigenvalue weighted by Crippen LogP contribution is -2.46. The lowest BCUT2D eigenvalue weighted by Gasteiger charge is -2.28. The van der Waals surface area contributed by atoms with E-state index in [4.69, 9.17) is 0 Å². The lowest BCUT2D eigenvalue weighted by atomic mass is 10.1. The number of carbonyl (C=O) groups excluding carboxylic acids is 3. The van der Waals surface area contributed by atoms with Crippen molar-refractivity contribution in [1.29, 1.82) is 0 Å². The molecule has 0 radical (unpaired) electrons. The van der Waals surface area contributed by atoms with Crippen molar-refractivity contribution >= 4 is 23.5 Å². The van der Waals surface area contributed by atoms with E-state index >= 15 is 0 Å². The molecule has 0 saturated carbocycles. The van der Waals surface area contributed by atoms with Crippen LogP contribution in [0.15, 0.2) is 30.3 Å². The van der Waals surface area contributed by atoms with Gasteiger partial charge in [0, 0.05) is 11.7 Å². The quantitative estimate of drug-likeness (QED) is 0.845. The minimum atomic E-state index is -0.556. The second-order valence-electron chi connectivity index (χ2n) is 6.29. The zero-order valence-electron chi connectivity index (χ0n) is 13.9. The van der Waals surface area contributed by atoms with E-state index in [9.17, 15) is 14.4 Å². The second kappa shape index (κ2) is 6.81. The number of hydrogen-bond donors (Lipinski definition) is 1. The maximum atomic E-state index is 12.7. The third-order valence-electron chi connectivity index (χ3n) is 3.84. The van der Waals surface area contributed by atoms with E-state index < -0.39 is 12.1 Å². The molecule has 0 bridgehead atoms. The molecule has 1 aromatic rings. The molecule has 1 N–H and O–H groups in total. The number of nitrogens with one attached hydrogen (secondary N) is 1. The zero-order valence-corrected chi connectivity index (χ0v) is 13.9. The van der Waals surface area contributed by atoms with Gasteiger partial charge in [0.15, 0.2) is 0 Å². The van der Waals surface area contributed by atoms with Crippen LogP contribution >= 0.6 is 0 Å². The number of anilines is 1. The van der Waals surface area contributed by atoms with Crippen LogP contribution in [0.5, 0.6) is 0 Å². The molecule has 0 spiro atoms. The molecule has 6 heteroatoms. The number of rotatable bonds is 5. The van der Waals surface area contributed by atoms with Gasteiger partial charge in [0.25, 0.3) is 5.91 Å². The summed E-state index contributed by atoms with van der Waals surface area (Å²) in [5.74, 6) is -0.629. The van der Waals surface area contributed by atoms with E-state index in [2.05, 4.69) is 5.32 Å². The largest absolute Gasteiger partial charge is 0.326 e. The van der Waals surface area contributed by atoms with Crippen LogP contribution in [0, 0.1) is 5.92 Å². The summed E-state index contributed by atoms with van der Waals surface area (Å²) in [6.45, 7) is 7.26. The summed E-state index contributed by atoms with van der Waals surface area (Å²) < 4.78 is 0. The van der Waals surface area contributed by atoms with Crippen molar-refractivity contribution in [2.75, 3.05) is 11.4 Å². The predicted molar refractivity (Wildman–Crippen MR) is 87.9 cm³/mol. The summed E-state index contributed by atoms with van der Waals surface area (Å²) in [6.07, 6.45) is 0. The molecular weight excluding hydrogens is 294 g/mol. The molecule has 6 nitrogen and oxygen atoms in total. The number of amides is 4. The molecule has 1 aliphatic rings. The Bertz CT molecular complexity index is 598. The lowest BCUT2D eigenvalue weighted by molar-refractivity contribution is -0.132. The third kappa shape index (κ3) is 3.52. The van der Waals surface area contributed by atoms with Gasteiger partial charge in [-0.05, 0) is 31.9 Å². The highest BCUT2D eigenvalue weighted by atomic mass is 16.2. The summed E-state index contributed by atoms with van der Waals surface area (Å²) in [4.78, 5) is 39.5. The number of benzene rings is 1. The normalized spacial score (nSPS) is 17.8. The van der Waals surface area contributed by atoms with Gasteiger partial charge in [0.1, 0.15) is 12.6 Å². The first-order valence-electron chi connectivity index (χ1n) is 7.82. The summed E-state index contributed by atoms with van der Waals surface area (Å²) in [5.41, 5.74) is 0.750. The van der Waals surface area contributed by atoms with Crippen molar-refractivity contribution in [2.24, 2.45) is 5.92 Å². The van der Waals surface area contributed by atoms with Crippen LogP contribution in [-0.4, -0.2) is 41.4 Å². The summed E-state index contributed by atoms with van der Waals surface area (Å²) >= 11 is 0. The zero-order chi connectivity index (χ0) is 17.1. The van der Waals surface area contributed by atoms with Crippen molar-refractivity contribution in [3.05, 3.63) is 30.3 Å². The molecule has 0 unspecified atom stereocenters. The highest BCUT2D eigenvalue weighted by Crippen LogP contribution is 2.19. The van der Waals surface area contributed by atoms with E-state index in [1.165, 1.54) is 0 Å². The van der Waals surface area contributed by atoms with E-state index in [1.807, 2.05) is 58.0 Å². The fourth-order valence-electron chi connectivity index (χ4n) is 2.67. The van der Waals surface area contributed by atoms with Crippen molar-refractivity contribution in [3.8, 4) is 0 Å². The number of carbonyl (C=O) groups is 3. The average molecular weight is 317 g/mol. The number of imide groups is 1. The molecule has 1 aromatic carbocycles. The van der Waals surface area contributed by atoms with E-state index in [-0.39, 0.29) is 30.3 Å². The van der Waals surface area contributed by atoms with Crippen LogP contribution in [0.1, 0.15) is 27.7 Å². The van der Waals surface area contributed by atoms with Crippen molar-refractivity contribution < 1.29 is 14.4 Å². The van der Waals surface area contributed by atoms with Gasteiger partial charge in [-0.3, -0.25) is 14.5 Å². The minimum Gasteiger partial charge on any atom is -0.326 e. The van der Waals surface area contributed by atoms with Crippen LogP contribution in [0.3, 0.4) is 0 Å². The minimum absolute atomic E-state index is 0.0122. The monoisotopic (exact) mass is 317 g/mol. The van der Waals surface area contributed by atoms with Gasteiger partial charge in [-0.25, -0.2) is 4.79 Å². The number of hydrogen-bond acceptors (Lipinski definition) is 3. The van der Waals surface area contributed by atoms with Crippen molar-refractivity contribution in [2.45, 2.75) is 39.8 Å². The van der Waals surface area contributed by atoms with Crippen LogP contribution in [0.4, 0.5) is 10.5 Å². The smallest absolute Gasteiger partial charge is 0.325 e. The van der Waals surface area contributed by atoms with Crippen LogP contribution < -0.4 is 10.2 Å². The van der Waals surface area contributed by atoms with Crippen molar-refractivity contribution in [1.82, 2.24) is 10.2 Å². The Kier molecular flexibility index (Phi) is 5.03. The fraction of sp³-hybridized carbons (Fsp3) is 0.471. The molecule has 23 heavy (non-hydrogen) atoms. The Labute approximate surface area is 136 Å². The van der Waals surface area contributed by atoms with Gasteiger partial charge in [-0.15, -0.1) is 0 Å². The first-order chi connectivity index (χ1) is 10.8. The van der Waals surface area contributed by atoms with E-state index in [1.54, 1.807) is 4.90 Å². The van der Waals surface area contributed by atoms with Gasteiger partial charge in [-0.2, -0.15) is 0 Å². The second-order valence-corrected chi connectivity index (χ2v) is 6.29. The molecule has 124 valence electrons. The Balaban J connectivity index is 2.17. The summed E-state index contributed by atoms with van der Waals surface area (Å²) in [5, 5.41) is 2.63. The maximum Gasteiger partial charge on any atom is 0.325 e. The molecule has 1 saturated heterocycles. The fourth-order valence-corrected chi connectivity index (χ4v) is 2.67.